The molecule has 0 spiro atoms. The molecule has 1 fully saturated rings. The lowest BCUT2D eigenvalue weighted by molar-refractivity contribution is 1.19. The first-order valence-corrected chi connectivity index (χ1v) is 10.1. The summed E-state index contributed by atoms with van der Waals surface area (Å²) in [5.74, 6) is 0. The molecule has 1 heterocycles. The molecule has 0 atom stereocenters. The van der Waals surface area contributed by atoms with Gasteiger partial charge < -0.3 is 0 Å². The van der Waals surface area contributed by atoms with Crippen molar-refractivity contribution >= 4 is 27.3 Å². The molecule has 0 aromatic heterocycles. The monoisotopic (exact) mass is 178 g/mol. The van der Waals surface area contributed by atoms with E-state index in [2.05, 4.69) is 13.8 Å². The fraction of sp³-hybridized carbons (Fsp3) is 1.00. The summed E-state index contributed by atoms with van der Waals surface area (Å²) in [5, 5.41) is 0. The van der Waals surface area contributed by atoms with Crippen LogP contribution in [0.1, 0.15) is 13.8 Å². The zero-order valence-electron chi connectivity index (χ0n) is 6.28. The predicted octanol–water partition coefficient (Wildman–Crippen LogP) is 2.53. The van der Waals surface area contributed by atoms with Gasteiger partial charge in [0.1, 0.15) is 8.11 Å². The van der Waals surface area contributed by atoms with E-state index < -0.39 is 16.2 Å². The van der Waals surface area contributed by atoms with E-state index in [1.54, 1.807) is 0 Å². The molecule has 0 saturated carbocycles. The summed E-state index contributed by atoms with van der Waals surface area (Å²) in [6, 6.07) is 2.97. The number of rotatable bonds is 2. The van der Waals surface area contributed by atoms with Gasteiger partial charge in [0.2, 0.25) is 0 Å². The van der Waals surface area contributed by atoms with Crippen molar-refractivity contribution < 1.29 is 0 Å². The molecule has 1 saturated heterocycles. The van der Waals surface area contributed by atoms with Crippen LogP contribution >= 0.6 is 11.1 Å². The lowest BCUT2D eigenvalue weighted by Gasteiger charge is -2.41. The molecule has 0 radical (unpaired) electrons. The van der Waals surface area contributed by atoms with Crippen molar-refractivity contribution in [1.29, 1.82) is 0 Å². The summed E-state index contributed by atoms with van der Waals surface area (Å²) in [6.07, 6.45) is 0. The summed E-state index contributed by atoms with van der Waals surface area (Å²) in [6.45, 7) is 4.71. The van der Waals surface area contributed by atoms with E-state index in [0.29, 0.717) is 0 Å². The third kappa shape index (κ3) is 1.41. The second-order valence-electron chi connectivity index (χ2n) is 3.21. The average Bonchev–Trinajstić information content (AvgIpc) is 1.81. The van der Waals surface area contributed by atoms with Gasteiger partial charge in [-0.25, -0.2) is 0 Å². The van der Waals surface area contributed by atoms with Crippen LogP contribution in [0, 0.1) is 0 Å². The van der Waals surface area contributed by atoms with Gasteiger partial charge in [0.05, 0.1) is 0 Å². The van der Waals surface area contributed by atoms with E-state index in [1.807, 2.05) is 0 Å². The minimum Gasteiger partial charge on any atom is -0.172 e. The number of hydrogen-bond acceptors (Lipinski definition) is 0. The minimum atomic E-state index is -0.624. The van der Waals surface area contributed by atoms with Crippen LogP contribution in [0.4, 0.5) is 0 Å². The molecule has 1 rings (SSSR count). The van der Waals surface area contributed by atoms with Gasteiger partial charge in [-0.15, -0.1) is 0 Å². The molecule has 0 nitrogen and oxygen atoms in total. The van der Waals surface area contributed by atoms with Crippen molar-refractivity contribution in [2.45, 2.75) is 37.3 Å². The van der Waals surface area contributed by atoms with E-state index in [-0.39, 0.29) is 0 Å². The highest BCUT2D eigenvalue weighted by Gasteiger charge is 2.42. The summed E-state index contributed by atoms with van der Waals surface area (Å²) >= 11 is 6.06. The molecule has 0 N–H and O–H groups in total. The van der Waals surface area contributed by atoms with Crippen LogP contribution in [-0.2, 0) is 0 Å². The van der Waals surface area contributed by atoms with Gasteiger partial charge in [0.25, 0.3) is 0 Å². The molecule has 1 aliphatic heterocycles. The third-order valence-corrected chi connectivity index (χ3v) is 19.1. The van der Waals surface area contributed by atoms with Crippen LogP contribution in [0.5, 0.6) is 0 Å². The van der Waals surface area contributed by atoms with Gasteiger partial charge in [-0.05, 0) is 0 Å². The van der Waals surface area contributed by atoms with Crippen LogP contribution < -0.4 is 0 Å². The smallest absolute Gasteiger partial charge is 0.135 e. The van der Waals surface area contributed by atoms with Crippen LogP contribution in [-0.4, -0.2) is 16.2 Å². The van der Waals surface area contributed by atoms with Crippen molar-refractivity contribution in [2.75, 3.05) is 0 Å². The molecule has 1 aliphatic rings. The maximum Gasteiger partial charge on any atom is 0.135 e. The van der Waals surface area contributed by atoms with Gasteiger partial charge in [-0.1, -0.05) is 37.3 Å². The predicted molar refractivity (Wildman–Crippen MR) is 49.3 cm³/mol. The summed E-state index contributed by atoms with van der Waals surface area (Å²) in [4.78, 5) is 0. The summed E-state index contributed by atoms with van der Waals surface area (Å²) in [7, 11) is -1.22. The second kappa shape index (κ2) is 2.76. The Hall–Kier alpha value is 0.724. The van der Waals surface area contributed by atoms with Crippen molar-refractivity contribution in [3.63, 3.8) is 0 Å². The van der Waals surface area contributed by atoms with Crippen LogP contribution in [0.2, 0.25) is 23.4 Å². The van der Waals surface area contributed by atoms with Crippen molar-refractivity contribution in [3.05, 3.63) is 0 Å². The molecule has 0 unspecified atom stereocenters. The fourth-order valence-corrected chi connectivity index (χ4v) is 19.8. The second-order valence-corrected chi connectivity index (χ2v) is 13.9. The molecular weight excluding hydrogens is 164 g/mol. The molecule has 9 heavy (non-hydrogen) atoms. The topological polar surface area (TPSA) is 0 Å². The number of halogens is 1. The first-order chi connectivity index (χ1) is 4.22. The lowest BCUT2D eigenvalue weighted by atomic mass is 10.9. The Morgan fingerprint density at radius 3 is 1.89 bits per heavy atom. The van der Waals surface area contributed by atoms with E-state index in [0.717, 1.165) is 0 Å². The van der Waals surface area contributed by atoms with Crippen molar-refractivity contribution in [3.8, 4) is 0 Å². The molecule has 0 aromatic carbocycles. The molecule has 3 heteroatoms. The maximum atomic E-state index is 6.06. The van der Waals surface area contributed by atoms with Crippen LogP contribution in [0.15, 0.2) is 0 Å². The highest BCUT2D eigenvalue weighted by atomic mass is 35.6. The van der Waals surface area contributed by atoms with Gasteiger partial charge >= 0.3 is 0 Å². The molecule has 0 aliphatic carbocycles. The van der Waals surface area contributed by atoms with Crippen LogP contribution in [0.25, 0.3) is 0 Å². The Kier molecular flexibility index (Phi) is 2.40. The molecule has 0 aromatic rings. The quantitative estimate of drug-likeness (QED) is 0.451. The van der Waals surface area contributed by atoms with Gasteiger partial charge in [-0.3, -0.25) is 0 Å². The third-order valence-electron chi connectivity index (χ3n) is 2.81. The average molecular weight is 179 g/mol. The fourth-order valence-electron chi connectivity index (χ4n) is 1.71. The lowest BCUT2D eigenvalue weighted by Crippen LogP contribution is -2.49. The Bertz CT molecular complexity index is 93.2. The Balaban J connectivity index is 2.36. The molecule has 0 amide bonds. The Morgan fingerprint density at radius 1 is 1.33 bits per heavy atom. The maximum absolute atomic E-state index is 6.06. The number of hydrogen-bond donors (Lipinski definition) is 0. The van der Waals surface area contributed by atoms with E-state index in [4.69, 9.17) is 11.1 Å². The van der Waals surface area contributed by atoms with Gasteiger partial charge in [0, 0.05) is 8.07 Å². The van der Waals surface area contributed by atoms with E-state index >= 15 is 0 Å². The zero-order chi connectivity index (χ0) is 6.91. The van der Waals surface area contributed by atoms with Crippen molar-refractivity contribution in [1.82, 2.24) is 0 Å². The first-order valence-electron chi connectivity index (χ1n) is 3.86. The van der Waals surface area contributed by atoms with E-state index in [1.165, 1.54) is 23.4 Å². The van der Waals surface area contributed by atoms with E-state index in [9.17, 15) is 0 Å². The zero-order valence-corrected chi connectivity index (χ0v) is 9.19. The van der Waals surface area contributed by atoms with Crippen molar-refractivity contribution in [2.24, 2.45) is 0 Å². The highest BCUT2D eigenvalue weighted by molar-refractivity contribution is 7.24. The molecule has 0 bridgehead atoms. The summed E-state index contributed by atoms with van der Waals surface area (Å²) in [5.41, 5.74) is 3.06. The van der Waals surface area contributed by atoms with Gasteiger partial charge in [-0.2, -0.15) is 11.1 Å². The highest BCUT2D eigenvalue weighted by Crippen LogP contribution is 2.39. The Labute approximate surface area is 64.9 Å². The largest absolute Gasteiger partial charge is 0.172 e. The standard InChI is InChI=1S/C6H15ClSi2/c1-3-9(4-2)5-8(7)6-9/h8H,3-6H2,1-2H3. The minimum absolute atomic E-state index is 0.595. The normalized spacial score (nSPS) is 25.7. The SMILES string of the molecule is CC[Si]1(CC)C[SiH](Cl)C1. The first kappa shape index (κ1) is 7.83. The molecule has 54 valence electrons. The Morgan fingerprint density at radius 2 is 1.78 bits per heavy atom. The molecular formula is C6H15ClSi2. The van der Waals surface area contributed by atoms with Gasteiger partial charge in [0.15, 0.2) is 0 Å². The van der Waals surface area contributed by atoms with Crippen LogP contribution in [0.3, 0.4) is 0 Å². The summed E-state index contributed by atoms with van der Waals surface area (Å²) < 4.78 is 0.